The molecule has 0 spiro atoms. The zero-order valence-corrected chi connectivity index (χ0v) is 11.8. The van der Waals surface area contributed by atoms with Gasteiger partial charge in [-0.3, -0.25) is 0 Å². The molecule has 0 aliphatic rings. The van der Waals surface area contributed by atoms with Crippen LogP contribution in [-0.2, 0) is 0 Å². The molecule has 0 heteroatoms. The SMILES string of the molecule is CCCCCCCC(CC)c1ccccc1C. The van der Waals surface area contributed by atoms with E-state index >= 15 is 0 Å². The summed E-state index contributed by atoms with van der Waals surface area (Å²) < 4.78 is 0. The number of hydrogen-bond acceptors (Lipinski definition) is 0. The largest absolute Gasteiger partial charge is 0.0654 e. The number of rotatable bonds is 8. The smallest absolute Gasteiger partial charge is 0.0162 e. The molecule has 0 aromatic heterocycles. The van der Waals surface area contributed by atoms with Crippen molar-refractivity contribution in [3.63, 3.8) is 0 Å². The van der Waals surface area contributed by atoms with E-state index in [1.807, 2.05) is 0 Å². The van der Waals surface area contributed by atoms with Crippen molar-refractivity contribution in [3.05, 3.63) is 35.4 Å². The molecule has 0 saturated carbocycles. The van der Waals surface area contributed by atoms with E-state index in [0.29, 0.717) is 0 Å². The fourth-order valence-corrected chi connectivity index (χ4v) is 2.62. The highest BCUT2D eigenvalue weighted by atomic mass is 14.2. The Morgan fingerprint density at radius 2 is 1.65 bits per heavy atom. The minimum absolute atomic E-state index is 0.776. The van der Waals surface area contributed by atoms with Crippen molar-refractivity contribution in [3.8, 4) is 0 Å². The first-order valence-electron chi connectivity index (χ1n) is 7.35. The summed E-state index contributed by atoms with van der Waals surface area (Å²) in [6.45, 7) is 6.85. The summed E-state index contributed by atoms with van der Waals surface area (Å²) >= 11 is 0. The second kappa shape index (κ2) is 8.33. The van der Waals surface area contributed by atoms with Crippen molar-refractivity contribution in [1.82, 2.24) is 0 Å². The molecule has 0 aliphatic carbocycles. The Hall–Kier alpha value is -0.780. The molecule has 17 heavy (non-hydrogen) atoms. The molecule has 0 heterocycles. The Bertz CT molecular complexity index is 301. The predicted octanol–water partition coefficient (Wildman–Crippen LogP) is 5.85. The summed E-state index contributed by atoms with van der Waals surface area (Å²) in [6.07, 6.45) is 9.61. The van der Waals surface area contributed by atoms with Gasteiger partial charge in [0.05, 0.1) is 0 Å². The minimum atomic E-state index is 0.776. The van der Waals surface area contributed by atoms with E-state index in [2.05, 4.69) is 45.0 Å². The quantitative estimate of drug-likeness (QED) is 0.493. The molecule has 1 aromatic carbocycles. The van der Waals surface area contributed by atoms with E-state index in [1.54, 1.807) is 5.56 Å². The molecule has 0 N–H and O–H groups in total. The van der Waals surface area contributed by atoms with E-state index in [0.717, 1.165) is 5.92 Å². The number of unbranched alkanes of at least 4 members (excludes halogenated alkanes) is 4. The molecule has 1 atom stereocenters. The Morgan fingerprint density at radius 3 is 2.29 bits per heavy atom. The van der Waals surface area contributed by atoms with Crippen LogP contribution >= 0.6 is 0 Å². The highest BCUT2D eigenvalue weighted by Gasteiger charge is 2.10. The lowest BCUT2D eigenvalue weighted by molar-refractivity contribution is 0.533. The van der Waals surface area contributed by atoms with E-state index in [9.17, 15) is 0 Å². The zero-order chi connectivity index (χ0) is 12.5. The third-order valence-electron chi connectivity index (χ3n) is 3.78. The van der Waals surface area contributed by atoms with Crippen molar-refractivity contribution >= 4 is 0 Å². The Balaban J connectivity index is 2.41. The summed E-state index contributed by atoms with van der Waals surface area (Å²) in [6, 6.07) is 8.89. The highest BCUT2D eigenvalue weighted by Crippen LogP contribution is 2.28. The maximum absolute atomic E-state index is 2.32. The molecule has 0 saturated heterocycles. The van der Waals surface area contributed by atoms with Crippen LogP contribution in [0.3, 0.4) is 0 Å². The van der Waals surface area contributed by atoms with E-state index in [4.69, 9.17) is 0 Å². The summed E-state index contributed by atoms with van der Waals surface area (Å²) in [7, 11) is 0. The topological polar surface area (TPSA) is 0 Å². The van der Waals surface area contributed by atoms with Gasteiger partial charge in [0.1, 0.15) is 0 Å². The molecule has 0 bridgehead atoms. The molecule has 0 nitrogen and oxygen atoms in total. The molecule has 0 aliphatic heterocycles. The van der Waals surface area contributed by atoms with E-state index in [1.165, 1.54) is 50.5 Å². The molecule has 1 aromatic rings. The molecule has 96 valence electrons. The summed E-state index contributed by atoms with van der Waals surface area (Å²) in [5.74, 6) is 0.776. The van der Waals surface area contributed by atoms with Gasteiger partial charge in [0.25, 0.3) is 0 Å². The van der Waals surface area contributed by atoms with Gasteiger partial charge in [-0.15, -0.1) is 0 Å². The molecule has 0 amide bonds. The van der Waals surface area contributed by atoms with Gasteiger partial charge in [-0.25, -0.2) is 0 Å². The Morgan fingerprint density at radius 1 is 0.941 bits per heavy atom. The van der Waals surface area contributed by atoms with E-state index < -0.39 is 0 Å². The van der Waals surface area contributed by atoms with Crippen LogP contribution in [0.2, 0.25) is 0 Å². The standard InChI is InChI=1S/C17H28/c1-4-6-7-8-9-13-16(5-2)17-14-11-10-12-15(17)3/h10-12,14,16H,4-9,13H2,1-3H3. The van der Waals surface area contributed by atoms with Gasteiger partial charge in [-0.05, 0) is 36.8 Å². The number of benzene rings is 1. The molecular formula is C17H28. The first-order chi connectivity index (χ1) is 8.29. The molecule has 1 rings (SSSR count). The lowest BCUT2D eigenvalue weighted by Gasteiger charge is -2.17. The summed E-state index contributed by atoms with van der Waals surface area (Å²) in [4.78, 5) is 0. The van der Waals surface area contributed by atoms with Crippen molar-refractivity contribution in [2.75, 3.05) is 0 Å². The van der Waals surface area contributed by atoms with Gasteiger partial charge in [0.2, 0.25) is 0 Å². The lowest BCUT2D eigenvalue weighted by Crippen LogP contribution is -2.00. The van der Waals surface area contributed by atoms with Crippen LogP contribution in [0, 0.1) is 6.92 Å². The van der Waals surface area contributed by atoms with Gasteiger partial charge in [-0.1, -0.05) is 70.2 Å². The fraction of sp³-hybridized carbons (Fsp3) is 0.647. The highest BCUT2D eigenvalue weighted by molar-refractivity contribution is 5.28. The Kier molecular flexibility index (Phi) is 7.00. The van der Waals surface area contributed by atoms with Gasteiger partial charge < -0.3 is 0 Å². The van der Waals surface area contributed by atoms with Crippen molar-refractivity contribution in [2.45, 2.75) is 71.6 Å². The van der Waals surface area contributed by atoms with Crippen molar-refractivity contribution in [2.24, 2.45) is 0 Å². The van der Waals surface area contributed by atoms with Crippen LogP contribution in [0.5, 0.6) is 0 Å². The second-order valence-electron chi connectivity index (χ2n) is 5.16. The first-order valence-corrected chi connectivity index (χ1v) is 7.35. The molecule has 0 radical (unpaired) electrons. The maximum Gasteiger partial charge on any atom is -0.0162 e. The van der Waals surface area contributed by atoms with Gasteiger partial charge >= 0.3 is 0 Å². The van der Waals surface area contributed by atoms with Gasteiger partial charge in [-0.2, -0.15) is 0 Å². The lowest BCUT2D eigenvalue weighted by atomic mass is 9.88. The molecule has 0 fully saturated rings. The number of hydrogen-bond donors (Lipinski definition) is 0. The average molecular weight is 232 g/mol. The zero-order valence-electron chi connectivity index (χ0n) is 11.8. The van der Waals surface area contributed by atoms with Crippen LogP contribution in [0.4, 0.5) is 0 Å². The number of aryl methyl sites for hydroxylation is 1. The van der Waals surface area contributed by atoms with E-state index in [-0.39, 0.29) is 0 Å². The van der Waals surface area contributed by atoms with Crippen molar-refractivity contribution in [1.29, 1.82) is 0 Å². The van der Waals surface area contributed by atoms with Crippen LogP contribution in [0.1, 0.15) is 75.8 Å². The normalized spacial score (nSPS) is 12.6. The van der Waals surface area contributed by atoms with Gasteiger partial charge in [0, 0.05) is 0 Å². The van der Waals surface area contributed by atoms with Crippen LogP contribution in [0.25, 0.3) is 0 Å². The Labute approximate surface area is 107 Å². The molecule has 1 unspecified atom stereocenters. The van der Waals surface area contributed by atoms with Gasteiger partial charge in [0.15, 0.2) is 0 Å². The minimum Gasteiger partial charge on any atom is -0.0654 e. The summed E-state index contributed by atoms with van der Waals surface area (Å²) in [5.41, 5.74) is 3.04. The summed E-state index contributed by atoms with van der Waals surface area (Å²) in [5, 5.41) is 0. The second-order valence-corrected chi connectivity index (χ2v) is 5.16. The third-order valence-corrected chi connectivity index (χ3v) is 3.78. The predicted molar refractivity (Wildman–Crippen MR) is 77.6 cm³/mol. The monoisotopic (exact) mass is 232 g/mol. The van der Waals surface area contributed by atoms with Crippen LogP contribution < -0.4 is 0 Å². The van der Waals surface area contributed by atoms with Crippen LogP contribution in [0.15, 0.2) is 24.3 Å². The molecular weight excluding hydrogens is 204 g/mol. The fourth-order valence-electron chi connectivity index (χ4n) is 2.62. The van der Waals surface area contributed by atoms with Crippen molar-refractivity contribution < 1.29 is 0 Å². The first kappa shape index (κ1) is 14.3. The van der Waals surface area contributed by atoms with Crippen LogP contribution in [-0.4, -0.2) is 0 Å². The average Bonchev–Trinajstić information content (AvgIpc) is 2.35. The third kappa shape index (κ3) is 4.93. The maximum atomic E-state index is 2.32.